The van der Waals surface area contributed by atoms with Gasteiger partial charge in [0, 0.05) is 56.7 Å². The fourth-order valence-electron chi connectivity index (χ4n) is 5.55. The van der Waals surface area contributed by atoms with Crippen molar-refractivity contribution in [3.05, 3.63) is 77.9 Å². The van der Waals surface area contributed by atoms with Gasteiger partial charge in [0.2, 0.25) is 0 Å². The van der Waals surface area contributed by atoms with Crippen molar-refractivity contribution in [2.45, 2.75) is 51.9 Å². The fraction of sp³-hybridized carbons (Fsp3) is 0.412. The highest BCUT2D eigenvalue weighted by Gasteiger charge is 2.26. The first-order chi connectivity index (χ1) is 22.0. The summed E-state index contributed by atoms with van der Waals surface area (Å²) >= 11 is 0. The normalized spacial score (nSPS) is 16.8. The van der Waals surface area contributed by atoms with Crippen LogP contribution in [0.15, 0.2) is 66.7 Å². The van der Waals surface area contributed by atoms with Gasteiger partial charge in [0.05, 0.1) is 5.56 Å². The number of rotatable bonds is 8. The largest absolute Gasteiger partial charge is 0.445 e. The standard InChI is InChI=1S/C34H43N7O5/c1-34(2,3)46-32(43)37-26-10-7-17-41(22-26)29-16-15-28(30(35)42)31(38-29)36-25-11-13-27(14-12-25)39-18-20-40(21-19-39)33(44)45-23-24-8-5-4-6-9-24/h4-6,8-9,11-16,26H,7,10,17-23H2,1-3H3,(H2,35,42)(H,36,38)(H,37,43)/t26-/m1/s1. The SMILES string of the molecule is CC(C)(C)OC(=O)N[C@@H]1CCCN(c2ccc(C(N)=O)c(Nc3ccc(N4CCN(C(=O)OCc5ccccc5)CC4)cc3)n2)C1. The molecule has 244 valence electrons. The van der Waals surface area contributed by atoms with E-state index >= 15 is 0 Å². The Hall–Kier alpha value is -5.00. The summed E-state index contributed by atoms with van der Waals surface area (Å²) in [7, 11) is 0. The molecule has 0 bridgehead atoms. The van der Waals surface area contributed by atoms with Crippen LogP contribution >= 0.6 is 0 Å². The Morgan fingerprint density at radius 2 is 1.63 bits per heavy atom. The van der Waals surface area contributed by atoms with E-state index in [0.717, 1.165) is 36.3 Å². The first-order valence-electron chi connectivity index (χ1n) is 15.7. The number of carbonyl (C=O) groups excluding carboxylic acids is 3. The molecule has 0 spiro atoms. The Morgan fingerprint density at radius 1 is 0.913 bits per heavy atom. The second-order valence-electron chi connectivity index (χ2n) is 12.5. The Bertz CT molecular complexity index is 1500. The molecule has 0 unspecified atom stereocenters. The zero-order valence-electron chi connectivity index (χ0n) is 26.7. The summed E-state index contributed by atoms with van der Waals surface area (Å²) in [6, 6.07) is 20.9. The van der Waals surface area contributed by atoms with Crippen molar-refractivity contribution in [2.24, 2.45) is 5.73 Å². The molecule has 1 atom stereocenters. The maximum atomic E-state index is 12.6. The van der Waals surface area contributed by atoms with Crippen molar-refractivity contribution in [1.82, 2.24) is 15.2 Å². The molecule has 1 aromatic heterocycles. The van der Waals surface area contributed by atoms with Crippen LogP contribution in [-0.4, -0.2) is 78.9 Å². The minimum Gasteiger partial charge on any atom is -0.445 e. The van der Waals surface area contributed by atoms with E-state index in [2.05, 4.69) is 20.4 Å². The van der Waals surface area contributed by atoms with Crippen LogP contribution < -0.4 is 26.2 Å². The minimum absolute atomic E-state index is 0.0908. The molecule has 0 saturated carbocycles. The lowest BCUT2D eigenvalue weighted by Gasteiger charge is -2.35. The van der Waals surface area contributed by atoms with Crippen molar-refractivity contribution in [2.75, 3.05) is 54.4 Å². The summed E-state index contributed by atoms with van der Waals surface area (Å²) in [5.74, 6) is 0.462. The van der Waals surface area contributed by atoms with Crippen LogP contribution in [0.4, 0.5) is 32.6 Å². The number of piperazine rings is 1. The van der Waals surface area contributed by atoms with Gasteiger partial charge in [-0.25, -0.2) is 14.6 Å². The van der Waals surface area contributed by atoms with Gasteiger partial charge in [0.15, 0.2) is 0 Å². The molecule has 3 aromatic rings. The molecule has 2 aliphatic rings. The van der Waals surface area contributed by atoms with Gasteiger partial charge in [0.1, 0.15) is 23.8 Å². The van der Waals surface area contributed by atoms with Gasteiger partial charge in [-0.15, -0.1) is 0 Å². The number of alkyl carbamates (subject to hydrolysis) is 1. The monoisotopic (exact) mass is 629 g/mol. The Kier molecular flexibility index (Phi) is 10.1. The van der Waals surface area contributed by atoms with Crippen LogP contribution in [0.5, 0.6) is 0 Å². The number of hydrogen-bond donors (Lipinski definition) is 3. The third kappa shape index (κ3) is 8.80. The zero-order valence-corrected chi connectivity index (χ0v) is 26.7. The Balaban J connectivity index is 1.17. The Morgan fingerprint density at radius 3 is 2.30 bits per heavy atom. The van der Waals surface area contributed by atoms with E-state index in [1.165, 1.54) is 0 Å². The molecule has 12 heteroatoms. The highest BCUT2D eigenvalue weighted by molar-refractivity contribution is 5.98. The van der Waals surface area contributed by atoms with Crippen molar-refractivity contribution < 1.29 is 23.9 Å². The number of ether oxygens (including phenoxy) is 2. The molecule has 2 fully saturated rings. The number of nitrogens with one attached hydrogen (secondary N) is 2. The summed E-state index contributed by atoms with van der Waals surface area (Å²) in [6.45, 7) is 9.59. The summed E-state index contributed by atoms with van der Waals surface area (Å²) < 4.78 is 10.9. The molecule has 2 aromatic carbocycles. The number of amides is 3. The maximum absolute atomic E-state index is 12.6. The second kappa shape index (κ2) is 14.4. The predicted molar refractivity (Wildman–Crippen MR) is 177 cm³/mol. The number of anilines is 4. The highest BCUT2D eigenvalue weighted by atomic mass is 16.6. The van der Waals surface area contributed by atoms with E-state index in [-0.39, 0.29) is 24.3 Å². The molecule has 12 nitrogen and oxygen atoms in total. The van der Waals surface area contributed by atoms with Crippen LogP contribution in [0.3, 0.4) is 0 Å². The molecule has 2 aliphatic heterocycles. The average Bonchev–Trinajstić information content (AvgIpc) is 3.03. The number of hydrogen-bond acceptors (Lipinski definition) is 9. The molecule has 0 radical (unpaired) electrons. The highest BCUT2D eigenvalue weighted by Crippen LogP contribution is 2.27. The number of carbonyl (C=O) groups is 3. The molecule has 0 aliphatic carbocycles. The van der Waals surface area contributed by atoms with E-state index in [4.69, 9.17) is 20.2 Å². The first kappa shape index (κ1) is 32.4. The van der Waals surface area contributed by atoms with E-state index in [1.807, 2.05) is 75.4 Å². The zero-order chi connectivity index (χ0) is 32.7. The van der Waals surface area contributed by atoms with Gasteiger partial charge in [-0.3, -0.25) is 4.79 Å². The lowest BCUT2D eigenvalue weighted by molar-refractivity contribution is 0.0499. The molecule has 2 saturated heterocycles. The van der Waals surface area contributed by atoms with E-state index in [1.54, 1.807) is 17.0 Å². The number of benzene rings is 2. The van der Waals surface area contributed by atoms with Gasteiger partial charge in [-0.2, -0.15) is 0 Å². The smallest absolute Gasteiger partial charge is 0.410 e. The Labute approximate surface area is 269 Å². The van der Waals surface area contributed by atoms with Crippen LogP contribution in [0.1, 0.15) is 49.5 Å². The average molecular weight is 630 g/mol. The fourth-order valence-corrected chi connectivity index (χ4v) is 5.55. The molecular weight excluding hydrogens is 586 g/mol. The third-order valence-electron chi connectivity index (χ3n) is 7.85. The van der Waals surface area contributed by atoms with Gasteiger partial charge < -0.3 is 40.5 Å². The quantitative estimate of drug-likeness (QED) is 0.318. The number of pyridine rings is 1. The van der Waals surface area contributed by atoms with E-state index in [0.29, 0.717) is 44.4 Å². The molecule has 4 N–H and O–H groups in total. The molecule has 3 amide bonds. The van der Waals surface area contributed by atoms with Crippen LogP contribution in [0, 0.1) is 0 Å². The lowest BCUT2D eigenvalue weighted by atomic mass is 10.1. The molecule has 46 heavy (non-hydrogen) atoms. The van der Waals surface area contributed by atoms with Crippen LogP contribution in [0.2, 0.25) is 0 Å². The number of primary amides is 1. The number of nitrogens with two attached hydrogens (primary N) is 1. The van der Waals surface area contributed by atoms with Crippen molar-refractivity contribution in [3.8, 4) is 0 Å². The summed E-state index contributed by atoms with van der Waals surface area (Å²) in [5.41, 5.74) is 8.13. The van der Waals surface area contributed by atoms with E-state index < -0.39 is 17.6 Å². The summed E-state index contributed by atoms with van der Waals surface area (Å²) in [6.07, 6.45) is 0.959. The lowest BCUT2D eigenvalue weighted by Crippen LogP contribution is -2.49. The summed E-state index contributed by atoms with van der Waals surface area (Å²) in [5, 5.41) is 6.23. The third-order valence-corrected chi connectivity index (χ3v) is 7.85. The predicted octanol–water partition coefficient (Wildman–Crippen LogP) is 4.88. The van der Waals surface area contributed by atoms with Crippen LogP contribution in [0.25, 0.3) is 0 Å². The van der Waals surface area contributed by atoms with Gasteiger partial charge >= 0.3 is 12.2 Å². The summed E-state index contributed by atoms with van der Waals surface area (Å²) in [4.78, 5) is 47.9. The number of piperidine rings is 1. The van der Waals surface area contributed by atoms with Gasteiger partial charge in [-0.1, -0.05) is 30.3 Å². The first-order valence-corrected chi connectivity index (χ1v) is 15.7. The topological polar surface area (TPSA) is 142 Å². The van der Waals surface area contributed by atoms with Crippen LogP contribution in [-0.2, 0) is 16.1 Å². The van der Waals surface area contributed by atoms with Gasteiger partial charge in [0.25, 0.3) is 5.91 Å². The van der Waals surface area contributed by atoms with Crippen molar-refractivity contribution in [1.29, 1.82) is 0 Å². The second-order valence-corrected chi connectivity index (χ2v) is 12.5. The van der Waals surface area contributed by atoms with E-state index in [9.17, 15) is 14.4 Å². The molecule has 3 heterocycles. The maximum Gasteiger partial charge on any atom is 0.410 e. The number of nitrogens with zero attached hydrogens (tertiary/aromatic N) is 4. The van der Waals surface area contributed by atoms with Crippen molar-refractivity contribution in [3.63, 3.8) is 0 Å². The minimum atomic E-state index is -0.582. The van der Waals surface area contributed by atoms with Gasteiger partial charge in [-0.05, 0) is 75.6 Å². The molecular formula is C34H43N7O5. The van der Waals surface area contributed by atoms with Crippen molar-refractivity contribution >= 4 is 41.1 Å². The number of aromatic nitrogens is 1. The molecule has 5 rings (SSSR count).